The smallest absolute Gasteiger partial charge is 0.239 e. The van der Waals surface area contributed by atoms with E-state index in [-0.39, 0.29) is 0 Å². The van der Waals surface area contributed by atoms with E-state index < -0.39 is 15.4 Å². The van der Waals surface area contributed by atoms with Gasteiger partial charge in [0, 0.05) is 5.56 Å². The third kappa shape index (κ3) is 5.35. The minimum Gasteiger partial charge on any atom is -0.486 e. The Bertz CT molecular complexity index is 1930. The van der Waals surface area contributed by atoms with Gasteiger partial charge in [-0.15, -0.1) is 0 Å². The molecule has 5 nitrogen and oxygen atoms in total. The second-order valence-corrected chi connectivity index (χ2v) is 16.3. The van der Waals surface area contributed by atoms with Crippen LogP contribution in [0.3, 0.4) is 0 Å². The Morgan fingerprint density at radius 1 is 0.447 bits per heavy atom. The molecular weight excluding hydrogens is 622 g/mol. The van der Waals surface area contributed by atoms with Crippen molar-refractivity contribution < 1.29 is 23.8 Å². The van der Waals surface area contributed by atoms with E-state index >= 15 is 0 Å². The van der Waals surface area contributed by atoms with Gasteiger partial charge in [-0.25, -0.2) is 4.89 Å². The van der Waals surface area contributed by atoms with Gasteiger partial charge in [0.1, 0.15) is 42.3 Å². The molecule has 2 aliphatic heterocycles. The van der Waals surface area contributed by atoms with E-state index in [0.29, 0.717) is 49.4 Å². The van der Waals surface area contributed by atoms with Crippen molar-refractivity contribution in [3.05, 3.63) is 146 Å². The Hall–Kier alpha value is -4.66. The molecule has 0 aromatic heterocycles. The summed E-state index contributed by atoms with van der Waals surface area (Å²) in [4.78, 5) is 13.4. The Balaban J connectivity index is 1.51. The first-order valence-corrected chi connectivity index (χ1v) is 18.8. The molecule has 0 spiro atoms. The highest BCUT2D eigenvalue weighted by Gasteiger charge is 2.49. The van der Waals surface area contributed by atoms with Crippen LogP contribution in [-0.2, 0) is 0 Å². The number of fused-ring (bicyclic) bond motifs is 2. The van der Waals surface area contributed by atoms with E-state index in [9.17, 15) is 4.89 Å². The molecule has 232 valence electrons. The summed E-state index contributed by atoms with van der Waals surface area (Å²) in [5, 5.41) is 5.96. The lowest BCUT2D eigenvalue weighted by Gasteiger charge is -2.31. The third-order valence-electron chi connectivity index (χ3n) is 8.50. The number of ether oxygens (including phenoxy) is 4. The second kappa shape index (κ2) is 12.9. The van der Waals surface area contributed by atoms with E-state index in [4.69, 9.17) is 18.9 Å². The van der Waals surface area contributed by atoms with Crippen molar-refractivity contribution in [1.29, 1.82) is 0 Å². The summed E-state index contributed by atoms with van der Waals surface area (Å²) >= 11 is 0. The lowest BCUT2D eigenvalue weighted by atomic mass is 10.0. The molecule has 0 saturated carbocycles. The third-order valence-corrected chi connectivity index (χ3v) is 14.1. The van der Waals surface area contributed by atoms with Crippen LogP contribution < -0.4 is 50.8 Å². The fourth-order valence-corrected chi connectivity index (χ4v) is 11.8. The van der Waals surface area contributed by atoms with Gasteiger partial charge in [0.15, 0.2) is 23.0 Å². The van der Waals surface area contributed by atoms with Crippen LogP contribution in [0.5, 0.6) is 23.0 Å². The Morgan fingerprint density at radius 3 is 1.38 bits per heavy atom. The lowest BCUT2D eigenvalue weighted by Crippen LogP contribution is -2.34. The van der Waals surface area contributed by atoms with E-state index in [1.54, 1.807) is 0 Å². The van der Waals surface area contributed by atoms with E-state index in [0.717, 1.165) is 32.3 Å². The second-order valence-electron chi connectivity index (χ2n) is 11.3. The van der Waals surface area contributed by atoms with Gasteiger partial charge in [-0.3, -0.25) is 0 Å². The monoisotopic (exact) mass is 655 g/mol. The van der Waals surface area contributed by atoms with Gasteiger partial charge in [-0.05, 0) is 72.4 Å². The van der Waals surface area contributed by atoms with E-state index in [1.165, 1.54) is 10.6 Å². The van der Waals surface area contributed by atoms with Gasteiger partial charge in [0.05, 0.1) is 5.56 Å². The number of rotatable bonds is 7. The van der Waals surface area contributed by atoms with Crippen molar-refractivity contribution in [2.45, 2.75) is 0 Å². The summed E-state index contributed by atoms with van der Waals surface area (Å²) in [6.45, 7) is 1.71. The molecule has 0 fully saturated rings. The first-order valence-electron chi connectivity index (χ1n) is 15.7. The number of benzene rings is 6. The molecule has 0 unspecified atom stereocenters. The Kier molecular flexibility index (Phi) is 8.13. The zero-order chi connectivity index (χ0) is 31.6. The van der Waals surface area contributed by atoms with Crippen LogP contribution in [0.1, 0.15) is 0 Å². The molecule has 8 rings (SSSR count). The lowest BCUT2D eigenvalue weighted by molar-refractivity contribution is 0.170. The minimum absolute atomic E-state index is 0.394. The molecule has 7 heteroatoms. The molecule has 0 atom stereocenters. The quantitative estimate of drug-likeness (QED) is 0.219. The van der Waals surface area contributed by atoms with Crippen LogP contribution in [0.25, 0.3) is 11.1 Å². The summed E-state index contributed by atoms with van der Waals surface area (Å²) in [6.07, 6.45) is 0. The fraction of sp³-hybridized carbons (Fsp3) is 0.100. The maximum atomic E-state index is 13.4. The van der Waals surface area contributed by atoms with Crippen LogP contribution in [0.4, 0.5) is 0 Å². The maximum absolute atomic E-state index is 13.4. The molecule has 0 saturated heterocycles. The summed E-state index contributed by atoms with van der Waals surface area (Å²) in [5.41, 5.74) is 1.64. The highest BCUT2D eigenvalue weighted by molar-refractivity contribution is 7.91. The normalized spacial score (nSPS) is 13.7. The molecule has 0 aliphatic carbocycles. The first-order chi connectivity index (χ1) is 23.2. The van der Waals surface area contributed by atoms with Crippen LogP contribution >= 0.6 is 15.4 Å². The van der Waals surface area contributed by atoms with Crippen LogP contribution in [0, 0.1) is 0 Å². The predicted octanol–water partition coefficient (Wildman–Crippen LogP) is 5.86. The highest BCUT2D eigenvalue weighted by atomic mass is 31.2. The highest BCUT2D eigenvalue weighted by Crippen LogP contribution is 2.58. The number of hydrogen-bond acceptors (Lipinski definition) is 5. The molecule has 2 heterocycles. The Morgan fingerprint density at radius 2 is 0.872 bits per heavy atom. The molecule has 6 aromatic rings. The van der Waals surface area contributed by atoms with Gasteiger partial charge in [0.2, 0.25) is 7.49 Å². The Labute approximate surface area is 276 Å². The molecule has 0 radical (unpaired) electrons. The van der Waals surface area contributed by atoms with E-state index in [1.807, 2.05) is 91.0 Å². The van der Waals surface area contributed by atoms with Crippen LogP contribution in [0.2, 0.25) is 0 Å². The summed E-state index contributed by atoms with van der Waals surface area (Å²) in [6, 6.07) is 49.3. The summed E-state index contributed by atoms with van der Waals surface area (Å²) < 4.78 is 25.6. The molecule has 1 N–H and O–H groups in total. The van der Waals surface area contributed by atoms with Crippen molar-refractivity contribution in [1.82, 2.24) is 0 Å². The van der Waals surface area contributed by atoms with Crippen LogP contribution in [-0.4, -0.2) is 31.3 Å². The largest absolute Gasteiger partial charge is 0.486 e. The summed E-state index contributed by atoms with van der Waals surface area (Å²) in [7, 11) is -4.31. The van der Waals surface area contributed by atoms with Crippen molar-refractivity contribution in [2.24, 2.45) is 0 Å². The molecule has 2 aliphatic rings. The van der Waals surface area contributed by atoms with Gasteiger partial charge >= 0.3 is 0 Å². The molecular formula is C40H33O5P2+. The predicted molar refractivity (Wildman–Crippen MR) is 193 cm³/mol. The SMILES string of the molecule is O[P+](c1ccccc1)(c1ccccc1)c1ccc2c(c1-c1c(P(c3ccccc3)c3ccccc3)ccc3c1OCCO3)OCCO2. The molecule has 0 bridgehead atoms. The van der Waals surface area contributed by atoms with Gasteiger partial charge < -0.3 is 18.9 Å². The van der Waals surface area contributed by atoms with Gasteiger partial charge in [-0.1, -0.05) is 97.1 Å². The van der Waals surface area contributed by atoms with Gasteiger partial charge in [0.25, 0.3) is 0 Å². The maximum Gasteiger partial charge on any atom is 0.239 e. The zero-order valence-electron chi connectivity index (χ0n) is 25.7. The topological polar surface area (TPSA) is 57.2 Å². The molecule has 0 amide bonds. The van der Waals surface area contributed by atoms with Crippen LogP contribution in [0.15, 0.2) is 146 Å². The molecule has 47 heavy (non-hydrogen) atoms. The fourth-order valence-electron chi connectivity index (χ4n) is 6.45. The zero-order valence-corrected chi connectivity index (χ0v) is 27.4. The minimum atomic E-state index is -3.23. The summed E-state index contributed by atoms with van der Waals surface area (Å²) in [5.74, 6) is 2.59. The average Bonchev–Trinajstić information content (AvgIpc) is 3.16. The number of hydrogen-bond donors (Lipinski definition) is 1. The standard InChI is InChI=1S/C40H33O5P2/c41-47(31-17-9-3-10-18-31,32-19-11-4-12-20-32)36-24-22-34-40(45-28-26-43-34)38(36)37-35(23-21-33-39(37)44-27-25-42-33)46(29-13-5-1-6-14-29)30-15-7-2-8-16-30/h1-24,41H,25-28H2/q+1. The first kappa shape index (κ1) is 29.7. The van der Waals surface area contributed by atoms with Crippen molar-refractivity contribution >= 4 is 47.2 Å². The molecule has 6 aromatic carbocycles. The van der Waals surface area contributed by atoms with Crippen molar-refractivity contribution in [3.8, 4) is 34.1 Å². The van der Waals surface area contributed by atoms with Crippen molar-refractivity contribution in [2.75, 3.05) is 26.4 Å². The van der Waals surface area contributed by atoms with E-state index in [2.05, 4.69) is 54.6 Å². The van der Waals surface area contributed by atoms with Gasteiger partial charge in [-0.2, -0.15) is 0 Å². The van der Waals surface area contributed by atoms with Crippen molar-refractivity contribution in [3.63, 3.8) is 0 Å². The average molecular weight is 656 g/mol.